The third-order valence-corrected chi connectivity index (χ3v) is 0.756. The lowest BCUT2D eigenvalue weighted by Crippen LogP contribution is -1.89. The molecule has 0 aliphatic carbocycles. The summed E-state index contributed by atoms with van der Waals surface area (Å²) < 4.78 is 0. The Balaban J connectivity index is 0. The van der Waals surface area contributed by atoms with Crippen LogP contribution in [-0.4, -0.2) is 33.3 Å². The number of para-hydroxylation sites is 1. The first kappa shape index (κ1) is 14.5. The smallest absolute Gasteiger partial charge is 0.115 e. The van der Waals surface area contributed by atoms with Crippen molar-refractivity contribution in [2.24, 2.45) is 0 Å². The molecule has 3 nitrogen and oxygen atoms in total. The summed E-state index contributed by atoms with van der Waals surface area (Å²) in [5.41, 5.74) is 0. The highest BCUT2D eigenvalue weighted by Gasteiger charge is 1.74. The van der Waals surface area contributed by atoms with Crippen LogP contribution in [0, 0.1) is 0 Å². The Hall–Kier alpha value is -1.06. The van der Waals surface area contributed by atoms with Crippen molar-refractivity contribution in [2.45, 2.75) is 0 Å². The number of aromatic hydroxyl groups is 1. The minimum atomic E-state index is 0.322. The maximum absolute atomic E-state index is 8.63. The quantitative estimate of drug-likeness (QED) is 0.565. The number of nitrogens with one attached hydrogen (secondary N) is 2. The highest BCUT2D eigenvalue weighted by Crippen LogP contribution is 2.02. The van der Waals surface area contributed by atoms with Crippen molar-refractivity contribution >= 4 is 0 Å². The number of hydrogen-bond acceptors (Lipinski definition) is 3. The van der Waals surface area contributed by atoms with E-state index in [-0.39, 0.29) is 0 Å². The topological polar surface area (TPSA) is 44.3 Å². The van der Waals surface area contributed by atoms with Crippen LogP contribution in [0.2, 0.25) is 0 Å². The Morgan fingerprint density at radius 3 is 1.31 bits per heavy atom. The van der Waals surface area contributed by atoms with E-state index < -0.39 is 0 Å². The van der Waals surface area contributed by atoms with Gasteiger partial charge in [-0.05, 0) is 40.3 Å². The van der Waals surface area contributed by atoms with Crippen LogP contribution >= 0.6 is 0 Å². The van der Waals surface area contributed by atoms with Crippen molar-refractivity contribution in [3.8, 4) is 5.75 Å². The Morgan fingerprint density at radius 1 is 0.846 bits per heavy atom. The second-order valence-electron chi connectivity index (χ2n) is 2.34. The summed E-state index contributed by atoms with van der Waals surface area (Å²) in [7, 11) is 7.50. The molecule has 0 aliphatic rings. The van der Waals surface area contributed by atoms with Crippen molar-refractivity contribution in [2.75, 3.05) is 28.2 Å². The average molecular weight is 184 g/mol. The van der Waals surface area contributed by atoms with Gasteiger partial charge in [0.15, 0.2) is 0 Å². The first-order valence-electron chi connectivity index (χ1n) is 4.13. The molecule has 1 aromatic carbocycles. The average Bonchev–Trinajstić information content (AvgIpc) is 2.08. The lowest BCUT2D eigenvalue weighted by Gasteiger charge is -1.82. The third kappa shape index (κ3) is 18.2. The molecule has 0 aliphatic heterocycles. The summed E-state index contributed by atoms with van der Waals surface area (Å²) in [6.45, 7) is 0. The van der Waals surface area contributed by atoms with Crippen LogP contribution in [0.5, 0.6) is 5.75 Å². The molecule has 0 unspecified atom stereocenters. The molecule has 1 aromatic rings. The van der Waals surface area contributed by atoms with E-state index in [4.69, 9.17) is 5.11 Å². The van der Waals surface area contributed by atoms with Crippen molar-refractivity contribution < 1.29 is 5.11 Å². The normalized spacial score (nSPS) is 7.38. The van der Waals surface area contributed by atoms with Gasteiger partial charge in [0.2, 0.25) is 0 Å². The molecule has 0 amide bonds. The molecular weight excluding hydrogens is 164 g/mol. The molecule has 0 saturated heterocycles. The fourth-order valence-corrected chi connectivity index (χ4v) is 0.428. The maximum atomic E-state index is 8.63. The van der Waals surface area contributed by atoms with Crippen LogP contribution < -0.4 is 10.6 Å². The van der Waals surface area contributed by atoms with Crippen molar-refractivity contribution in [1.82, 2.24) is 10.6 Å². The van der Waals surface area contributed by atoms with Gasteiger partial charge in [-0.25, -0.2) is 0 Å². The van der Waals surface area contributed by atoms with Crippen LogP contribution in [-0.2, 0) is 0 Å². The van der Waals surface area contributed by atoms with Crippen molar-refractivity contribution in [1.29, 1.82) is 0 Å². The van der Waals surface area contributed by atoms with E-state index in [2.05, 4.69) is 10.6 Å². The molecular formula is C10H20N2O. The van der Waals surface area contributed by atoms with Crippen molar-refractivity contribution in [3.63, 3.8) is 0 Å². The lowest BCUT2D eigenvalue weighted by atomic mass is 10.3. The molecule has 0 saturated carbocycles. The molecule has 1 rings (SSSR count). The van der Waals surface area contributed by atoms with Crippen LogP contribution in [0.1, 0.15) is 0 Å². The summed E-state index contributed by atoms with van der Waals surface area (Å²) in [5.74, 6) is 0.322. The minimum absolute atomic E-state index is 0.322. The van der Waals surface area contributed by atoms with Gasteiger partial charge in [0.05, 0.1) is 0 Å². The van der Waals surface area contributed by atoms with Gasteiger partial charge in [-0.3, -0.25) is 0 Å². The van der Waals surface area contributed by atoms with Gasteiger partial charge in [-0.2, -0.15) is 0 Å². The van der Waals surface area contributed by atoms with Gasteiger partial charge in [0.25, 0.3) is 0 Å². The largest absolute Gasteiger partial charge is 0.508 e. The van der Waals surface area contributed by atoms with Crippen molar-refractivity contribution in [3.05, 3.63) is 30.3 Å². The molecule has 0 spiro atoms. The maximum Gasteiger partial charge on any atom is 0.115 e. The van der Waals surface area contributed by atoms with E-state index >= 15 is 0 Å². The monoisotopic (exact) mass is 184 g/mol. The van der Waals surface area contributed by atoms with E-state index in [1.807, 2.05) is 34.3 Å². The fraction of sp³-hybridized carbons (Fsp3) is 0.400. The van der Waals surface area contributed by atoms with Gasteiger partial charge < -0.3 is 15.7 Å². The Labute approximate surface area is 80.8 Å². The summed E-state index contributed by atoms with van der Waals surface area (Å²) in [4.78, 5) is 0. The molecule has 0 radical (unpaired) electrons. The predicted molar refractivity (Wildman–Crippen MR) is 58.1 cm³/mol. The third-order valence-electron chi connectivity index (χ3n) is 0.756. The van der Waals surface area contributed by atoms with Crippen LogP contribution in [0.25, 0.3) is 0 Å². The molecule has 0 heterocycles. The Bertz CT molecular complexity index is 164. The van der Waals surface area contributed by atoms with E-state index in [0.29, 0.717) is 5.75 Å². The fourth-order valence-electron chi connectivity index (χ4n) is 0.428. The highest BCUT2D eigenvalue weighted by atomic mass is 16.3. The van der Waals surface area contributed by atoms with Gasteiger partial charge >= 0.3 is 0 Å². The van der Waals surface area contributed by atoms with Gasteiger partial charge in [-0.1, -0.05) is 18.2 Å². The number of rotatable bonds is 0. The highest BCUT2D eigenvalue weighted by molar-refractivity contribution is 5.18. The van der Waals surface area contributed by atoms with E-state index in [1.54, 1.807) is 24.3 Å². The standard InChI is InChI=1S/C6H6O.2C2H7N/c7-6-4-2-1-3-5-6;2*1-3-2/h1-5,7H;2*3H,1-2H3. The van der Waals surface area contributed by atoms with Gasteiger partial charge in [0, 0.05) is 0 Å². The van der Waals surface area contributed by atoms with Gasteiger partial charge in [-0.15, -0.1) is 0 Å². The molecule has 0 fully saturated rings. The summed E-state index contributed by atoms with van der Waals surface area (Å²) in [5, 5.41) is 14.1. The predicted octanol–water partition coefficient (Wildman–Crippen LogP) is 1.06. The molecule has 3 N–H and O–H groups in total. The molecule has 0 atom stereocenters. The number of phenolic OH excluding ortho intramolecular Hbond substituents is 1. The van der Waals surface area contributed by atoms with E-state index in [9.17, 15) is 0 Å². The Kier molecular flexibility index (Phi) is 15.0. The SMILES string of the molecule is CNC.CNC.Oc1ccccc1. The first-order chi connectivity index (χ1) is 6.22. The second kappa shape index (κ2) is 13.5. The molecule has 76 valence electrons. The first-order valence-corrected chi connectivity index (χ1v) is 4.13. The van der Waals surface area contributed by atoms with E-state index in [0.717, 1.165) is 0 Å². The van der Waals surface area contributed by atoms with Crippen LogP contribution in [0.15, 0.2) is 30.3 Å². The van der Waals surface area contributed by atoms with Crippen LogP contribution in [0.4, 0.5) is 0 Å². The summed E-state index contributed by atoms with van der Waals surface area (Å²) in [6, 6.07) is 8.71. The zero-order chi connectivity index (χ0) is 10.5. The van der Waals surface area contributed by atoms with Gasteiger partial charge in [0.1, 0.15) is 5.75 Å². The summed E-state index contributed by atoms with van der Waals surface area (Å²) in [6.07, 6.45) is 0. The molecule has 0 aromatic heterocycles. The summed E-state index contributed by atoms with van der Waals surface area (Å²) >= 11 is 0. The minimum Gasteiger partial charge on any atom is -0.508 e. The van der Waals surface area contributed by atoms with Crippen LogP contribution in [0.3, 0.4) is 0 Å². The Morgan fingerprint density at radius 2 is 1.15 bits per heavy atom. The zero-order valence-corrected chi connectivity index (χ0v) is 8.83. The molecule has 3 heteroatoms. The van der Waals surface area contributed by atoms with E-state index in [1.165, 1.54) is 0 Å². The lowest BCUT2D eigenvalue weighted by molar-refractivity contribution is 0.475. The molecule has 0 bridgehead atoms. The zero-order valence-electron chi connectivity index (χ0n) is 8.83. The number of hydrogen-bond donors (Lipinski definition) is 3. The molecule has 13 heavy (non-hydrogen) atoms. The second-order valence-corrected chi connectivity index (χ2v) is 2.34. The number of phenols is 1. The number of benzene rings is 1.